The summed E-state index contributed by atoms with van der Waals surface area (Å²) in [5.41, 5.74) is 0.844. The van der Waals surface area contributed by atoms with E-state index < -0.39 is 5.60 Å². The van der Waals surface area contributed by atoms with Gasteiger partial charge >= 0.3 is 0 Å². The van der Waals surface area contributed by atoms with E-state index in [1.807, 2.05) is 36.4 Å². The third kappa shape index (κ3) is 1.73. The Balaban J connectivity index is 2.14. The van der Waals surface area contributed by atoms with Gasteiger partial charge < -0.3 is 4.74 Å². The first kappa shape index (κ1) is 15.2. The van der Waals surface area contributed by atoms with Crippen molar-refractivity contribution in [2.45, 2.75) is 39.2 Å². The van der Waals surface area contributed by atoms with E-state index in [1.54, 1.807) is 6.08 Å². The number of hydrogen-bond donors (Lipinski definition) is 0. The summed E-state index contributed by atoms with van der Waals surface area (Å²) >= 11 is 0. The molecular weight excluding hydrogens is 272 g/mol. The van der Waals surface area contributed by atoms with Gasteiger partial charge in [0.2, 0.25) is 0 Å². The Morgan fingerprint density at radius 3 is 2.50 bits per heavy atom. The number of ketones is 1. The van der Waals surface area contributed by atoms with E-state index in [0.29, 0.717) is 6.61 Å². The minimum Gasteiger partial charge on any atom is -0.366 e. The van der Waals surface area contributed by atoms with Crippen LogP contribution in [0.3, 0.4) is 0 Å². The highest BCUT2D eigenvalue weighted by molar-refractivity contribution is 6.10. The van der Waals surface area contributed by atoms with Crippen molar-refractivity contribution in [3.05, 3.63) is 54.1 Å². The second-order valence-corrected chi connectivity index (χ2v) is 7.18. The Kier molecular flexibility index (Phi) is 3.41. The molecule has 2 fully saturated rings. The van der Waals surface area contributed by atoms with Crippen molar-refractivity contribution in [1.82, 2.24) is 0 Å². The first-order valence-corrected chi connectivity index (χ1v) is 7.96. The van der Waals surface area contributed by atoms with E-state index in [2.05, 4.69) is 27.4 Å². The SMILES string of the molecule is C=CCOC12CCC(C)(C(=O)C1=Cc1ccccc1)C2(C)C. The van der Waals surface area contributed by atoms with Crippen molar-refractivity contribution in [3.63, 3.8) is 0 Å². The first-order valence-electron chi connectivity index (χ1n) is 7.96. The molecule has 2 aliphatic carbocycles. The summed E-state index contributed by atoms with van der Waals surface area (Å²) in [6.45, 7) is 10.7. The first-order chi connectivity index (χ1) is 10.4. The average molecular weight is 296 g/mol. The molecule has 2 nitrogen and oxygen atoms in total. The minimum atomic E-state index is -0.497. The Labute approximate surface area is 132 Å². The fourth-order valence-electron chi connectivity index (χ4n) is 4.28. The van der Waals surface area contributed by atoms with Crippen molar-refractivity contribution in [2.75, 3.05) is 6.61 Å². The lowest BCUT2D eigenvalue weighted by Crippen LogP contribution is -2.43. The van der Waals surface area contributed by atoms with E-state index in [4.69, 9.17) is 4.74 Å². The van der Waals surface area contributed by atoms with E-state index in [-0.39, 0.29) is 16.6 Å². The average Bonchev–Trinajstić information content (AvgIpc) is 2.78. The second-order valence-electron chi connectivity index (χ2n) is 7.18. The summed E-state index contributed by atoms with van der Waals surface area (Å²) in [5, 5.41) is 0. The van der Waals surface area contributed by atoms with Crippen LogP contribution in [0.25, 0.3) is 6.08 Å². The molecule has 0 aliphatic heterocycles. The van der Waals surface area contributed by atoms with Gasteiger partial charge in [-0.25, -0.2) is 0 Å². The van der Waals surface area contributed by atoms with Crippen LogP contribution in [0.15, 0.2) is 48.6 Å². The predicted octanol–water partition coefficient (Wildman–Crippen LogP) is 4.42. The number of hydrogen-bond acceptors (Lipinski definition) is 2. The molecule has 0 radical (unpaired) electrons. The molecule has 0 saturated heterocycles. The summed E-state index contributed by atoms with van der Waals surface area (Å²) in [6, 6.07) is 10.0. The number of rotatable bonds is 4. The van der Waals surface area contributed by atoms with Gasteiger partial charge in [0, 0.05) is 16.4 Å². The molecule has 116 valence electrons. The van der Waals surface area contributed by atoms with E-state index >= 15 is 0 Å². The summed E-state index contributed by atoms with van der Waals surface area (Å²) < 4.78 is 6.26. The molecule has 3 rings (SSSR count). The number of benzene rings is 1. The molecule has 2 aliphatic rings. The highest BCUT2D eigenvalue weighted by Gasteiger charge is 2.73. The van der Waals surface area contributed by atoms with Crippen LogP contribution in [0.2, 0.25) is 0 Å². The van der Waals surface area contributed by atoms with Crippen molar-refractivity contribution in [3.8, 4) is 0 Å². The Bertz CT molecular complexity index is 641. The fraction of sp³-hybridized carbons (Fsp3) is 0.450. The lowest BCUT2D eigenvalue weighted by molar-refractivity contribution is -0.125. The Morgan fingerprint density at radius 1 is 1.18 bits per heavy atom. The standard InChI is InChI=1S/C20H24O2/c1-5-13-22-20-12-11-19(4,18(20,2)3)17(21)16(20)14-15-9-7-6-8-10-15/h5-10,14H,1,11-13H2,2-4H3. The minimum absolute atomic E-state index is 0.208. The fourth-order valence-corrected chi connectivity index (χ4v) is 4.28. The normalized spacial score (nSPS) is 34.3. The van der Waals surface area contributed by atoms with Crippen LogP contribution in [-0.4, -0.2) is 18.0 Å². The van der Waals surface area contributed by atoms with Gasteiger partial charge in [-0.2, -0.15) is 0 Å². The van der Waals surface area contributed by atoms with Crippen LogP contribution in [0.4, 0.5) is 0 Å². The van der Waals surface area contributed by atoms with E-state index in [0.717, 1.165) is 24.0 Å². The van der Waals surface area contributed by atoms with E-state index in [1.165, 1.54) is 0 Å². The van der Waals surface area contributed by atoms with Crippen LogP contribution in [0.5, 0.6) is 0 Å². The molecule has 0 heterocycles. The summed E-state index contributed by atoms with van der Waals surface area (Å²) in [7, 11) is 0. The molecule has 0 spiro atoms. The largest absolute Gasteiger partial charge is 0.366 e. The molecule has 1 aromatic carbocycles. The lowest BCUT2D eigenvalue weighted by Gasteiger charge is -2.39. The number of carbonyl (C=O) groups is 1. The summed E-state index contributed by atoms with van der Waals surface area (Å²) in [5.74, 6) is 0.247. The zero-order valence-corrected chi connectivity index (χ0v) is 13.7. The van der Waals surface area contributed by atoms with Gasteiger partial charge in [-0.1, -0.05) is 57.2 Å². The molecule has 1 aromatic rings. The van der Waals surface area contributed by atoms with Crippen LogP contribution in [0, 0.1) is 10.8 Å². The molecule has 0 N–H and O–H groups in total. The topological polar surface area (TPSA) is 26.3 Å². The zero-order valence-electron chi connectivity index (χ0n) is 13.7. The summed E-state index contributed by atoms with van der Waals surface area (Å²) in [6.07, 6.45) is 5.58. The maximum Gasteiger partial charge on any atom is 0.168 e. The number of ether oxygens (including phenoxy) is 1. The third-order valence-electron chi connectivity index (χ3n) is 6.11. The molecule has 2 saturated carbocycles. The molecule has 0 aromatic heterocycles. The number of fused-ring (bicyclic) bond motifs is 2. The Hall–Kier alpha value is -1.67. The van der Waals surface area contributed by atoms with Gasteiger partial charge in [0.1, 0.15) is 5.60 Å². The van der Waals surface area contributed by atoms with Gasteiger partial charge in [-0.15, -0.1) is 6.58 Å². The van der Waals surface area contributed by atoms with E-state index in [9.17, 15) is 4.79 Å². The van der Waals surface area contributed by atoms with Gasteiger partial charge in [0.15, 0.2) is 5.78 Å². The molecule has 2 atom stereocenters. The molecule has 2 unspecified atom stereocenters. The quantitative estimate of drug-likeness (QED) is 0.607. The molecule has 0 amide bonds. The maximum atomic E-state index is 13.1. The highest BCUT2D eigenvalue weighted by atomic mass is 16.5. The molecule has 22 heavy (non-hydrogen) atoms. The zero-order chi connectivity index (χ0) is 16.0. The molecular formula is C20H24O2. The number of Topliss-reactive ketones (excluding diaryl/α,β-unsaturated/α-hetero) is 1. The highest BCUT2D eigenvalue weighted by Crippen LogP contribution is 2.69. The van der Waals surface area contributed by atoms with Gasteiger partial charge in [-0.3, -0.25) is 4.79 Å². The summed E-state index contributed by atoms with van der Waals surface area (Å²) in [4.78, 5) is 13.1. The smallest absolute Gasteiger partial charge is 0.168 e. The Morgan fingerprint density at radius 2 is 1.86 bits per heavy atom. The number of carbonyl (C=O) groups excluding carboxylic acids is 1. The van der Waals surface area contributed by atoms with Gasteiger partial charge in [-0.05, 0) is 24.5 Å². The van der Waals surface area contributed by atoms with Crippen molar-refractivity contribution in [1.29, 1.82) is 0 Å². The third-order valence-corrected chi connectivity index (χ3v) is 6.11. The van der Waals surface area contributed by atoms with Gasteiger partial charge in [0.05, 0.1) is 6.61 Å². The molecule has 2 bridgehead atoms. The maximum absolute atomic E-state index is 13.1. The van der Waals surface area contributed by atoms with Crippen molar-refractivity contribution < 1.29 is 9.53 Å². The van der Waals surface area contributed by atoms with Crippen LogP contribution >= 0.6 is 0 Å². The predicted molar refractivity (Wildman–Crippen MR) is 89.4 cm³/mol. The lowest BCUT2D eigenvalue weighted by atomic mass is 9.69. The van der Waals surface area contributed by atoms with Crippen molar-refractivity contribution >= 4 is 11.9 Å². The van der Waals surface area contributed by atoms with Crippen LogP contribution in [-0.2, 0) is 9.53 Å². The van der Waals surface area contributed by atoms with Crippen molar-refractivity contribution in [2.24, 2.45) is 10.8 Å². The second kappa shape index (κ2) is 4.92. The molecule has 2 heteroatoms. The monoisotopic (exact) mass is 296 g/mol. The van der Waals surface area contributed by atoms with Crippen LogP contribution in [0.1, 0.15) is 39.2 Å². The van der Waals surface area contributed by atoms with Crippen LogP contribution < -0.4 is 0 Å². The van der Waals surface area contributed by atoms with Gasteiger partial charge in [0.25, 0.3) is 0 Å².